The number of rotatable bonds is 5. The van der Waals surface area contributed by atoms with E-state index in [4.69, 9.17) is 21.3 Å². The summed E-state index contributed by atoms with van der Waals surface area (Å²) in [6.45, 7) is 0.703. The summed E-state index contributed by atoms with van der Waals surface area (Å²) < 4.78 is 5.95. The number of aliphatic imine (C=N–C) groups is 1. The van der Waals surface area contributed by atoms with Crippen molar-refractivity contribution in [2.45, 2.75) is 6.42 Å². The summed E-state index contributed by atoms with van der Waals surface area (Å²) in [5, 5.41) is 0.733. The minimum absolute atomic E-state index is 0.703. The van der Waals surface area contributed by atoms with Gasteiger partial charge in [-0.25, -0.2) is 4.99 Å². The van der Waals surface area contributed by atoms with Crippen LogP contribution in [-0.4, -0.2) is 12.3 Å². The normalized spacial score (nSPS) is 12.4. The average Bonchev–Trinajstić information content (AvgIpc) is 3.32. The van der Waals surface area contributed by atoms with Gasteiger partial charge in [-0.3, -0.25) is 0 Å². The van der Waals surface area contributed by atoms with Crippen LogP contribution in [-0.2, 0) is 6.42 Å². The van der Waals surface area contributed by atoms with Gasteiger partial charge in [0.2, 0.25) is 0 Å². The molecule has 1 heterocycles. The van der Waals surface area contributed by atoms with Gasteiger partial charge >= 0.3 is 0 Å². The Morgan fingerprint density at radius 3 is 2.09 bits per heavy atom. The summed E-state index contributed by atoms with van der Waals surface area (Å²) in [6, 6.07) is 32.7. The second-order valence-electron chi connectivity index (χ2n) is 7.70. The summed E-state index contributed by atoms with van der Waals surface area (Å²) >= 11 is 6.02. The largest absolute Gasteiger partial charge is 0.492 e. The molecule has 0 aliphatic carbocycles. The van der Waals surface area contributed by atoms with Crippen molar-refractivity contribution in [2.75, 3.05) is 6.61 Å². The Balaban J connectivity index is 1.59. The fourth-order valence-electron chi connectivity index (χ4n) is 3.89. The molecule has 0 unspecified atom stereocenters. The van der Waals surface area contributed by atoms with Crippen molar-refractivity contribution in [1.29, 1.82) is 0 Å². The van der Waals surface area contributed by atoms with Gasteiger partial charge in [0.15, 0.2) is 0 Å². The highest BCUT2D eigenvalue weighted by atomic mass is 35.5. The van der Waals surface area contributed by atoms with Crippen molar-refractivity contribution in [3.63, 3.8) is 0 Å². The first kappa shape index (κ1) is 20.3. The molecule has 0 saturated heterocycles. The first-order valence-electron chi connectivity index (χ1n) is 10.7. The third-order valence-electron chi connectivity index (χ3n) is 5.46. The van der Waals surface area contributed by atoms with Gasteiger partial charge in [0, 0.05) is 33.7 Å². The van der Waals surface area contributed by atoms with Crippen LogP contribution in [0, 0.1) is 0 Å². The molecule has 1 aliphatic heterocycles. The zero-order chi connectivity index (χ0) is 21.8. The molecule has 0 fully saturated rings. The molecule has 156 valence electrons. The smallest absolute Gasteiger partial charge is 0.129 e. The molecule has 0 saturated carbocycles. The predicted octanol–water partition coefficient (Wildman–Crippen LogP) is 7.61. The third kappa shape index (κ3) is 4.51. The third-order valence-corrected chi connectivity index (χ3v) is 5.71. The van der Waals surface area contributed by atoms with Crippen molar-refractivity contribution in [1.82, 2.24) is 0 Å². The Kier molecular flexibility index (Phi) is 5.87. The lowest BCUT2D eigenvalue weighted by Gasteiger charge is -2.10. The van der Waals surface area contributed by atoms with E-state index in [-0.39, 0.29) is 0 Å². The Morgan fingerprint density at radius 2 is 1.44 bits per heavy atom. The predicted molar refractivity (Wildman–Crippen MR) is 134 cm³/mol. The summed E-state index contributed by atoms with van der Waals surface area (Å²) in [5.74, 6) is 0.954. The lowest BCUT2D eigenvalue weighted by molar-refractivity contribution is 0.356. The van der Waals surface area contributed by atoms with E-state index in [0.29, 0.717) is 6.61 Å². The number of benzene rings is 4. The fourth-order valence-corrected chi connectivity index (χ4v) is 4.01. The van der Waals surface area contributed by atoms with Crippen molar-refractivity contribution in [3.05, 3.63) is 130 Å². The standard InChI is InChI=1S/C29H22ClNO/c30-26-15-12-21(13-16-26)11-14-24-19-27(20-25-17-18-32-29(24)25)31-28(22-7-3-1-4-8-22)23-9-5-2-6-10-23/h1-16,19-20H,17-18H2/b14-11+. The number of fused-ring (bicyclic) bond motifs is 1. The SMILES string of the molecule is Clc1ccc(/C=C/c2cc(N=C(c3ccccc3)c3ccccc3)cc3c2OCC3)cc1. The van der Waals surface area contributed by atoms with Crippen molar-refractivity contribution < 1.29 is 4.74 Å². The fraction of sp³-hybridized carbons (Fsp3) is 0.0690. The lowest BCUT2D eigenvalue weighted by Crippen LogP contribution is -2.02. The highest BCUT2D eigenvalue weighted by molar-refractivity contribution is 6.30. The molecule has 0 atom stereocenters. The van der Waals surface area contributed by atoms with E-state index >= 15 is 0 Å². The second kappa shape index (κ2) is 9.25. The molecular weight excluding hydrogens is 414 g/mol. The Hall–Kier alpha value is -3.62. The van der Waals surface area contributed by atoms with E-state index in [9.17, 15) is 0 Å². The summed E-state index contributed by atoms with van der Waals surface area (Å²) in [5.41, 5.74) is 7.38. The van der Waals surface area contributed by atoms with Crippen LogP contribution in [0.1, 0.15) is 27.8 Å². The molecule has 0 bridgehead atoms. The number of ether oxygens (including phenoxy) is 1. The van der Waals surface area contributed by atoms with Gasteiger partial charge in [-0.1, -0.05) is 96.5 Å². The molecule has 2 nitrogen and oxygen atoms in total. The first-order chi connectivity index (χ1) is 15.8. The molecule has 0 radical (unpaired) electrons. The highest BCUT2D eigenvalue weighted by Crippen LogP contribution is 2.35. The number of nitrogens with zero attached hydrogens (tertiary/aromatic N) is 1. The lowest BCUT2D eigenvalue weighted by atomic mass is 10.0. The van der Waals surface area contributed by atoms with Gasteiger partial charge in [-0.15, -0.1) is 0 Å². The molecule has 5 rings (SSSR count). The van der Waals surface area contributed by atoms with Crippen molar-refractivity contribution >= 4 is 35.2 Å². The zero-order valence-corrected chi connectivity index (χ0v) is 18.3. The van der Waals surface area contributed by atoms with Gasteiger partial charge in [-0.05, 0) is 29.8 Å². The highest BCUT2D eigenvalue weighted by Gasteiger charge is 2.17. The summed E-state index contributed by atoms with van der Waals surface area (Å²) in [7, 11) is 0. The van der Waals surface area contributed by atoms with Crippen LogP contribution < -0.4 is 4.74 Å². The van der Waals surface area contributed by atoms with Crippen molar-refractivity contribution in [3.8, 4) is 5.75 Å². The quantitative estimate of drug-likeness (QED) is 0.233. The van der Waals surface area contributed by atoms with Crippen LogP contribution in [0.2, 0.25) is 5.02 Å². The minimum atomic E-state index is 0.703. The first-order valence-corrected chi connectivity index (χ1v) is 11.1. The van der Waals surface area contributed by atoms with Crippen molar-refractivity contribution in [2.24, 2.45) is 4.99 Å². The summed E-state index contributed by atoms with van der Waals surface area (Å²) in [6.07, 6.45) is 5.07. The Labute approximate surface area is 193 Å². The van der Waals surface area contributed by atoms with Gasteiger partial charge in [0.1, 0.15) is 5.75 Å². The van der Waals surface area contributed by atoms with E-state index in [0.717, 1.165) is 50.8 Å². The molecule has 0 spiro atoms. The minimum Gasteiger partial charge on any atom is -0.492 e. The monoisotopic (exact) mass is 435 g/mol. The van der Waals surface area contributed by atoms with Gasteiger partial charge in [0.25, 0.3) is 0 Å². The molecule has 0 N–H and O–H groups in total. The number of hydrogen-bond donors (Lipinski definition) is 0. The van der Waals surface area contributed by atoms with Gasteiger partial charge in [0.05, 0.1) is 18.0 Å². The van der Waals surface area contributed by atoms with E-state index in [1.807, 2.05) is 60.7 Å². The maximum Gasteiger partial charge on any atom is 0.129 e. The van der Waals surface area contributed by atoms with Crippen LogP contribution in [0.5, 0.6) is 5.75 Å². The molecule has 0 aromatic heterocycles. The average molecular weight is 436 g/mol. The van der Waals surface area contributed by atoms with Crippen LogP contribution in [0.3, 0.4) is 0 Å². The molecule has 0 amide bonds. The van der Waals surface area contributed by atoms with Crippen LogP contribution in [0.4, 0.5) is 5.69 Å². The number of halogens is 1. The maximum absolute atomic E-state index is 6.02. The van der Waals surface area contributed by atoms with E-state index in [1.54, 1.807) is 0 Å². The number of hydrogen-bond acceptors (Lipinski definition) is 2. The molecule has 3 heteroatoms. The molecule has 32 heavy (non-hydrogen) atoms. The molecule has 4 aromatic carbocycles. The molecule has 4 aromatic rings. The van der Waals surface area contributed by atoms with Gasteiger partial charge in [-0.2, -0.15) is 0 Å². The summed E-state index contributed by atoms with van der Waals surface area (Å²) in [4.78, 5) is 5.11. The van der Waals surface area contributed by atoms with E-state index < -0.39 is 0 Å². The van der Waals surface area contributed by atoms with Crippen LogP contribution >= 0.6 is 11.6 Å². The molecule has 1 aliphatic rings. The Morgan fingerprint density at radius 1 is 0.781 bits per heavy atom. The maximum atomic E-state index is 6.02. The van der Waals surface area contributed by atoms with Crippen LogP contribution in [0.15, 0.2) is 102 Å². The van der Waals surface area contributed by atoms with E-state index in [1.165, 1.54) is 5.56 Å². The topological polar surface area (TPSA) is 21.6 Å². The molecular formula is C29H22ClNO. The second-order valence-corrected chi connectivity index (χ2v) is 8.14. The van der Waals surface area contributed by atoms with Gasteiger partial charge < -0.3 is 4.74 Å². The Bertz CT molecular complexity index is 1230. The zero-order valence-electron chi connectivity index (χ0n) is 17.5. The van der Waals surface area contributed by atoms with Crippen LogP contribution in [0.25, 0.3) is 12.2 Å². The van der Waals surface area contributed by atoms with E-state index in [2.05, 4.69) is 48.6 Å².